The molecule has 2 rings (SSSR count). The highest BCUT2D eigenvalue weighted by molar-refractivity contribution is 14.0. The van der Waals surface area contributed by atoms with E-state index in [1.165, 1.54) is 0 Å². The highest BCUT2D eigenvalue weighted by Gasteiger charge is 2.04. The number of aliphatic imine (C=N–C) groups is 1. The Kier molecular flexibility index (Phi) is 10.9. The molecule has 1 aromatic carbocycles. The van der Waals surface area contributed by atoms with Gasteiger partial charge in [-0.25, -0.2) is 4.98 Å². The van der Waals surface area contributed by atoms with Gasteiger partial charge in [0, 0.05) is 36.5 Å². The fraction of sp³-hybridized carbons (Fsp3) is 0.444. The standard InChI is InChI=1S/C18H25ClN4OS.HI/c1-4-20-18(22-10-8-15-12-25-13(2)23-15)21-9-7-14-5-6-16(24-3)11-17(14)19;/h5-6,11-12H,4,7-10H2,1-3H3,(H2,20,21,22);1H. The summed E-state index contributed by atoms with van der Waals surface area (Å²) in [6, 6.07) is 5.76. The van der Waals surface area contributed by atoms with Crippen molar-refractivity contribution in [1.82, 2.24) is 15.6 Å². The fourth-order valence-corrected chi connectivity index (χ4v) is 3.23. The molecule has 0 radical (unpaired) electrons. The van der Waals surface area contributed by atoms with E-state index in [1.54, 1.807) is 18.4 Å². The lowest BCUT2D eigenvalue weighted by molar-refractivity contribution is 0.414. The highest BCUT2D eigenvalue weighted by Crippen LogP contribution is 2.22. The van der Waals surface area contributed by atoms with Crippen LogP contribution in [0.4, 0.5) is 0 Å². The third-order valence-corrected chi connectivity index (χ3v) is 4.77. The van der Waals surface area contributed by atoms with Crippen LogP contribution in [0.3, 0.4) is 0 Å². The monoisotopic (exact) mass is 508 g/mol. The van der Waals surface area contributed by atoms with E-state index in [2.05, 4.69) is 32.9 Å². The van der Waals surface area contributed by atoms with Crippen LogP contribution in [0.5, 0.6) is 5.75 Å². The molecule has 0 amide bonds. The summed E-state index contributed by atoms with van der Waals surface area (Å²) in [5.74, 6) is 1.59. The van der Waals surface area contributed by atoms with E-state index < -0.39 is 0 Å². The predicted octanol–water partition coefficient (Wildman–Crippen LogP) is 4.07. The van der Waals surface area contributed by atoms with Crippen molar-refractivity contribution in [3.63, 3.8) is 0 Å². The van der Waals surface area contributed by atoms with E-state index in [0.29, 0.717) is 6.54 Å². The molecule has 1 heterocycles. The quantitative estimate of drug-likeness (QED) is 0.321. The summed E-state index contributed by atoms with van der Waals surface area (Å²) < 4.78 is 5.17. The summed E-state index contributed by atoms with van der Waals surface area (Å²) in [7, 11) is 1.64. The van der Waals surface area contributed by atoms with Crippen molar-refractivity contribution in [2.24, 2.45) is 4.99 Å². The molecule has 8 heteroatoms. The topological polar surface area (TPSA) is 58.5 Å². The molecule has 0 unspecified atom stereocenters. The van der Waals surface area contributed by atoms with E-state index in [0.717, 1.165) is 58.9 Å². The third-order valence-electron chi connectivity index (χ3n) is 3.60. The molecule has 144 valence electrons. The number of nitrogens with one attached hydrogen (secondary N) is 2. The summed E-state index contributed by atoms with van der Waals surface area (Å²) in [4.78, 5) is 9.07. The molecule has 2 aromatic rings. The van der Waals surface area contributed by atoms with Crippen molar-refractivity contribution in [1.29, 1.82) is 0 Å². The van der Waals surface area contributed by atoms with Crippen LogP contribution >= 0.6 is 46.9 Å². The number of methoxy groups -OCH3 is 1. The van der Waals surface area contributed by atoms with Crippen molar-refractivity contribution in [2.75, 3.05) is 26.7 Å². The summed E-state index contributed by atoms with van der Waals surface area (Å²) in [6.07, 6.45) is 1.67. The molecular weight excluding hydrogens is 483 g/mol. The van der Waals surface area contributed by atoms with Crippen LogP contribution in [0.15, 0.2) is 28.6 Å². The Morgan fingerprint density at radius 1 is 1.31 bits per heavy atom. The van der Waals surface area contributed by atoms with Gasteiger partial charge in [0.25, 0.3) is 0 Å². The predicted molar refractivity (Wildman–Crippen MR) is 122 cm³/mol. The SMILES string of the molecule is CCNC(=NCCc1csc(C)n1)NCCc1ccc(OC)cc1Cl.I. The second-order valence-corrected chi connectivity index (χ2v) is 6.97. The molecule has 1 aromatic heterocycles. The maximum atomic E-state index is 6.28. The number of aryl methyl sites for hydroxylation is 1. The number of nitrogens with zero attached hydrogens (tertiary/aromatic N) is 2. The number of rotatable bonds is 8. The van der Waals surface area contributed by atoms with E-state index in [9.17, 15) is 0 Å². The van der Waals surface area contributed by atoms with Crippen LogP contribution in [0.1, 0.15) is 23.2 Å². The van der Waals surface area contributed by atoms with Gasteiger partial charge in [-0.1, -0.05) is 17.7 Å². The number of halogens is 2. The van der Waals surface area contributed by atoms with Gasteiger partial charge in [0.15, 0.2) is 5.96 Å². The molecule has 0 aliphatic carbocycles. The Bertz CT molecular complexity index is 708. The van der Waals surface area contributed by atoms with Crippen LogP contribution in [0.2, 0.25) is 5.02 Å². The number of guanidine groups is 1. The highest BCUT2D eigenvalue weighted by atomic mass is 127. The Labute approximate surface area is 181 Å². The first kappa shape index (κ1) is 23.0. The zero-order valence-electron chi connectivity index (χ0n) is 15.3. The normalized spacial score (nSPS) is 11.0. The van der Waals surface area contributed by atoms with Gasteiger partial charge in [0.2, 0.25) is 0 Å². The lowest BCUT2D eigenvalue weighted by Crippen LogP contribution is -2.38. The number of thiazole rings is 1. The molecule has 0 spiro atoms. The maximum Gasteiger partial charge on any atom is 0.191 e. The van der Waals surface area contributed by atoms with Gasteiger partial charge in [-0.15, -0.1) is 35.3 Å². The Morgan fingerprint density at radius 3 is 2.73 bits per heavy atom. The number of ether oxygens (including phenoxy) is 1. The molecule has 0 aliphatic heterocycles. The molecule has 0 atom stereocenters. The van der Waals surface area contributed by atoms with Crippen LogP contribution in [0, 0.1) is 6.92 Å². The van der Waals surface area contributed by atoms with Gasteiger partial charge in [-0.3, -0.25) is 4.99 Å². The van der Waals surface area contributed by atoms with E-state index in [4.69, 9.17) is 16.3 Å². The second kappa shape index (κ2) is 12.3. The zero-order valence-corrected chi connectivity index (χ0v) is 19.2. The third kappa shape index (κ3) is 7.67. The smallest absolute Gasteiger partial charge is 0.191 e. The summed E-state index contributed by atoms with van der Waals surface area (Å²) in [5, 5.41) is 10.5. The van der Waals surface area contributed by atoms with Crippen molar-refractivity contribution >= 4 is 52.9 Å². The van der Waals surface area contributed by atoms with Gasteiger partial charge >= 0.3 is 0 Å². The van der Waals surface area contributed by atoms with Crippen LogP contribution in [-0.2, 0) is 12.8 Å². The minimum Gasteiger partial charge on any atom is -0.497 e. The van der Waals surface area contributed by atoms with E-state index >= 15 is 0 Å². The first-order valence-electron chi connectivity index (χ1n) is 8.38. The van der Waals surface area contributed by atoms with Crippen LogP contribution in [0.25, 0.3) is 0 Å². The minimum atomic E-state index is 0. The summed E-state index contributed by atoms with van der Waals surface area (Å²) in [5.41, 5.74) is 2.19. The lowest BCUT2D eigenvalue weighted by atomic mass is 10.1. The summed E-state index contributed by atoms with van der Waals surface area (Å²) >= 11 is 7.96. The van der Waals surface area contributed by atoms with Crippen molar-refractivity contribution in [3.8, 4) is 5.75 Å². The average molecular weight is 509 g/mol. The van der Waals surface area contributed by atoms with Crippen molar-refractivity contribution in [3.05, 3.63) is 44.9 Å². The van der Waals surface area contributed by atoms with Gasteiger partial charge in [0.1, 0.15) is 5.75 Å². The molecule has 0 fully saturated rings. The van der Waals surface area contributed by atoms with Gasteiger partial charge in [0.05, 0.1) is 17.8 Å². The number of aromatic nitrogens is 1. The van der Waals surface area contributed by atoms with Crippen LogP contribution in [-0.4, -0.2) is 37.7 Å². The average Bonchev–Trinajstić information content (AvgIpc) is 3.01. The molecule has 0 aliphatic rings. The molecule has 0 bridgehead atoms. The summed E-state index contributed by atoms with van der Waals surface area (Å²) in [6.45, 7) is 6.37. The first-order valence-corrected chi connectivity index (χ1v) is 9.63. The van der Waals surface area contributed by atoms with Crippen molar-refractivity contribution in [2.45, 2.75) is 26.7 Å². The molecular formula is C18H26ClIN4OS. The lowest BCUT2D eigenvalue weighted by Gasteiger charge is -2.12. The number of benzene rings is 1. The largest absolute Gasteiger partial charge is 0.497 e. The van der Waals surface area contributed by atoms with Gasteiger partial charge < -0.3 is 15.4 Å². The second-order valence-electron chi connectivity index (χ2n) is 5.50. The van der Waals surface area contributed by atoms with Crippen molar-refractivity contribution < 1.29 is 4.74 Å². The maximum absolute atomic E-state index is 6.28. The minimum absolute atomic E-state index is 0. The molecule has 5 nitrogen and oxygen atoms in total. The number of hydrogen-bond acceptors (Lipinski definition) is 4. The first-order chi connectivity index (χ1) is 12.1. The van der Waals surface area contributed by atoms with Gasteiger partial charge in [-0.05, 0) is 38.0 Å². The zero-order chi connectivity index (χ0) is 18.1. The van der Waals surface area contributed by atoms with Gasteiger partial charge in [-0.2, -0.15) is 0 Å². The van der Waals surface area contributed by atoms with E-state index in [1.807, 2.05) is 25.1 Å². The molecule has 26 heavy (non-hydrogen) atoms. The number of hydrogen-bond donors (Lipinski definition) is 2. The molecule has 2 N–H and O–H groups in total. The van der Waals surface area contributed by atoms with E-state index in [-0.39, 0.29) is 24.0 Å². The fourth-order valence-electron chi connectivity index (χ4n) is 2.32. The van der Waals surface area contributed by atoms with Crippen LogP contribution < -0.4 is 15.4 Å². The Balaban J connectivity index is 0.00000338. The molecule has 0 saturated carbocycles. The Hall–Kier alpha value is -1.06. The Morgan fingerprint density at radius 2 is 2.12 bits per heavy atom. The molecule has 0 saturated heterocycles.